The van der Waals surface area contributed by atoms with Crippen molar-refractivity contribution >= 4 is 28.5 Å². The first-order chi connectivity index (χ1) is 21.0. The Morgan fingerprint density at radius 2 is 1.57 bits per heavy atom. The first-order valence-electron chi connectivity index (χ1n) is 14.8. The monoisotopic (exact) mass is 600 g/mol. The number of fused-ring (bicyclic) bond motifs is 1. The summed E-state index contributed by atoms with van der Waals surface area (Å²) < 4.78 is 41.4. The molecule has 0 aliphatic carbocycles. The number of carbonyl (C=O) groups excluding carboxylic acids is 2. The Morgan fingerprint density at radius 3 is 2.23 bits per heavy atom. The van der Waals surface area contributed by atoms with Crippen LogP contribution in [0.3, 0.4) is 0 Å². The first-order valence-corrected chi connectivity index (χ1v) is 14.8. The molecule has 4 aromatic rings. The number of carbonyl (C=O) groups is 2. The van der Waals surface area contributed by atoms with Crippen molar-refractivity contribution in [2.24, 2.45) is 5.92 Å². The maximum atomic E-state index is 15.4. The molecule has 1 amide bonds. The van der Waals surface area contributed by atoms with Gasteiger partial charge >= 0.3 is 12.1 Å². The van der Waals surface area contributed by atoms with Crippen molar-refractivity contribution in [2.45, 2.75) is 45.3 Å². The number of rotatable bonds is 7. The van der Waals surface area contributed by atoms with Crippen molar-refractivity contribution in [1.82, 2.24) is 4.90 Å². The molecule has 0 bridgehead atoms. The van der Waals surface area contributed by atoms with E-state index in [1.165, 1.54) is 0 Å². The average Bonchev–Trinajstić information content (AvgIpc) is 3.41. The number of methoxy groups -OCH3 is 1. The summed E-state index contributed by atoms with van der Waals surface area (Å²) in [7, 11) is 1.16. The third-order valence-electron chi connectivity index (χ3n) is 8.22. The number of benzene rings is 4. The van der Waals surface area contributed by atoms with E-state index in [0.29, 0.717) is 13.1 Å². The van der Waals surface area contributed by atoms with Gasteiger partial charge < -0.3 is 19.3 Å². The van der Waals surface area contributed by atoms with Crippen LogP contribution in [-0.4, -0.2) is 49.3 Å². The third kappa shape index (κ3) is 6.54. The van der Waals surface area contributed by atoms with Crippen LogP contribution in [0.1, 0.15) is 61.1 Å². The fourth-order valence-corrected chi connectivity index (χ4v) is 6.17. The number of amides is 1. The van der Waals surface area contributed by atoms with Crippen LogP contribution in [0.4, 0.5) is 19.3 Å². The summed E-state index contributed by atoms with van der Waals surface area (Å²) >= 11 is 0. The molecule has 44 heavy (non-hydrogen) atoms. The molecule has 1 saturated heterocycles. The Balaban J connectivity index is 1.53. The fraction of sp³-hybridized carbons (Fsp3) is 0.333. The summed E-state index contributed by atoms with van der Waals surface area (Å²) in [6, 6.07) is 25.5. The molecule has 5 rings (SSSR count). The quantitative estimate of drug-likeness (QED) is 0.201. The Labute approximate surface area is 257 Å². The lowest BCUT2D eigenvalue weighted by atomic mass is 9.88. The molecule has 0 spiro atoms. The van der Waals surface area contributed by atoms with E-state index in [9.17, 15) is 9.59 Å². The van der Waals surface area contributed by atoms with Crippen LogP contribution < -0.4 is 4.90 Å². The zero-order valence-electron chi connectivity index (χ0n) is 25.7. The lowest BCUT2D eigenvalue weighted by Crippen LogP contribution is -2.42. The minimum absolute atomic E-state index is 0.139. The van der Waals surface area contributed by atoms with Gasteiger partial charge in [-0.25, -0.2) is 18.4 Å². The topological polar surface area (TPSA) is 59.1 Å². The maximum Gasteiger partial charge on any atom is 0.410 e. The van der Waals surface area contributed by atoms with Crippen LogP contribution >= 0.6 is 0 Å². The molecule has 1 aliphatic heterocycles. The van der Waals surface area contributed by atoms with Gasteiger partial charge in [0.25, 0.3) is 0 Å². The number of hydrogen-bond donors (Lipinski definition) is 0. The summed E-state index contributed by atoms with van der Waals surface area (Å²) in [5.41, 5.74) is 0.875. The van der Waals surface area contributed by atoms with Crippen LogP contribution in [0, 0.1) is 17.6 Å². The lowest BCUT2D eigenvalue weighted by molar-refractivity contribution is 0.0139. The second kappa shape index (κ2) is 12.6. The predicted molar refractivity (Wildman–Crippen MR) is 168 cm³/mol. The number of nitrogens with zero attached hydrogens (tertiary/aromatic N) is 2. The molecule has 0 saturated carbocycles. The summed E-state index contributed by atoms with van der Waals surface area (Å²) in [5, 5.41) is 2.11. The Morgan fingerprint density at radius 1 is 0.932 bits per heavy atom. The van der Waals surface area contributed by atoms with Gasteiger partial charge in [0.15, 0.2) is 0 Å². The van der Waals surface area contributed by atoms with E-state index in [1.807, 2.05) is 100 Å². The normalized spacial score (nSPS) is 17.4. The van der Waals surface area contributed by atoms with Gasteiger partial charge in [-0.3, -0.25) is 0 Å². The summed E-state index contributed by atoms with van der Waals surface area (Å²) in [4.78, 5) is 29.2. The second-order valence-corrected chi connectivity index (χ2v) is 12.3. The van der Waals surface area contributed by atoms with E-state index < -0.39 is 29.3 Å². The smallest absolute Gasteiger partial charge is 0.410 e. The van der Waals surface area contributed by atoms with Crippen molar-refractivity contribution in [2.75, 3.05) is 31.6 Å². The summed E-state index contributed by atoms with van der Waals surface area (Å²) in [5.74, 6) is -2.83. The van der Waals surface area contributed by atoms with E-state index in [2.05, 4.69) is 4.74 Å². The highest BCUT2D eigenvalue weighted by atomic mass is 19.1. The molecule has 1 aliphatic rings. The van der Waals surface area contributed by atoms with E-state index in [0.717, 1.165) is 41.1 Å². The first kappa shape index (κ1) is 31.0. The highest BCUT2D eigenvalue weighted by molar-refractivity contribution is 5.90. The molecular weight excluding hydrogens is 562 g/mol. The Hall–Kier alpha value is -4.46. The minimum Gasteiger partial charge on any atom is -0.465 e. The van der Waals surface area contributed by atoms with Crippen LogP contribution in [0.25, 0.3) is 10.8 Å². The number of esters is 1. The van der Waals surface area contributed by atoms with Gasteiger partial charge in [0.05, 0.1) is 18.7 Å². The molecule has 0 aromatic heterocycles. The van der Waals surface area contributed by atoms with E-state index in [4.69, 9.17) is 4.74 Å². The molecule has 1 fully saturated rings. The van der Waals surface area contributed by atoms with E-state index in [1.54, 1.807) is 9.80 Å². The molecule has 6 nitrogen and oxygen atoms in total. The van der Waals surface area contributed by atoms with Crippen molar-refractivity contribution in [3.8, 4) is 0 Å². The molecule has 1 heterocycles. The van der Waals surface area contributed by atoms with Crippen molar-refractivity contribution in [3.05, 3.63) is 113 Å². The third-order valence-corrected chi connectivity index (χ3v) is 8.22. The number of halogens is 2. The van der Waals surface area contributed by atoms with Gasteiger partial charge in [0.1, 0.15) is 22.9 Å². The minimum atomic E-state index is -0.842. The van der Waals surface area contributed by atoms with Crippen LogP contribution in [-0.2, 0) is 9.47 Å². The number of hydrogen-bond acceptors (Lipinski definition) is 5. The van der Waals surface area contributed by atoms with Crippen LogP contribution in [0.15, 0.2) is 84.9 Å². The van der Waals surface area contributed by atoms with Gasteiger partial charge in [-0.2, -0.15) is 0 Å². The Kier molecular flexibility index (Phi) is 8.90. The van der Waals surface area contributed by atoms with Gasteiger partial charge in [0, 0.05) is 31.5 Å². The van der Waals surface area contributed by atoms with Crippen LogP contribution in [0.5, 0.6) is 0 Å². The predicted octanol–water partition coefficient (Wildman–Crippen LogP) is 8.12. The highest BCUT2D eigenvalue weighted by Crippen LogP contribution is 2.40. The Bertz CT molecular complexity index is 1630. The fourth-order valence-electron chi connectivity index (χ4n) is 6.17. The van der Waals surface area contributed by atoms with E-state index >= 15 is 8.78 Å². The number of ether oxygens (including phenoxy) is 2. The van der Waals surface area contributed by atoms with Gasteiger partial charge in [-0.1, -0.05) is 72.8 Å². The van der Waals surface area contributed by atoms with Crippen LogP contribution in [0.2, 0.25) is 0 Å². The van der Waals surface area contributed by atoms with Crippen molar-refractivity contribution in [3.63, 3.8) is 0 Å². The summed E-state index contributed by atoms with van der Waals surface area (Å²) in [6.07, 6.45) is -0.456. The molecular formula is C36H38F2N2O4. The lowest BCUT2D eigenvalue weighted by Gasteiger charge is -2.35. The van der Waals surface area contributed by atoms with Crippen molar-refractivity contribution < 1.29 is 27.8 Å². The zero-order valence-corrected chi connectivity index (χ0v) is 25.7. The standard InChI is InChI=1S/C36H38F2N2O4/c1-23(28-17-11-15-24-14-9-10-16-29(24)28)40(35(42)44-36(2,3)4)21-27-20-39(22-30(27)25-12-7-6-8-13-25)33-31(37)18-26(19-32(33)38)34(41)43-5/h6-19,23,27,30H,20-22H2,1-5H3/t23-,27-,30-/m1/s1. The van der Waals surface area contributed by atoms with Gasteiger partial charge in [0.2, 0.25) is 0 Å². The molecule has 0 radical (unpaired) electrons. The van der Waals surface area contributed by atoms with Gasteiger partial charge in [-0.15, -0.1) is 0 Å². The molecule has 230 valence electrons. The summed E-state index contributed by atoms with van der Waals surface area (Å²) in [6.45, 7) is 8.38. The molecule has 3 atom stereocenters. The molecule has 4 aromatic carbocycles. The SMILES string of the molecule is COC(=O)c1cc(F)c(N2C[C@H](CN(C(=O)OC(C)(C)C)[C@H](C)c3cccc4ccccc34)[C@@H](c3ccccc3)C2)c(F)c1. The largest absolute Gasteiger partial charge is 0.465 e. The van der Waals surface area contributed by atoms with Crippen molar-refractivity contribution in [1.29, 1.82) is 0 Å². The highest BCUT2D eigenvalue weighted by Gasteiger charge is 2.40. The maximum absolute atomic E-state index is 15.4. The van der Waals surface area contributed by atoms with E-state index in [-0.39, 0.29) is 35.7 Å². The molecule has 0 N–H and O–H groups in total. The average molecular weight is 601 g/mol. The van der Waals surface area contributed by atoms with Gasteiger partial charge in [-0.05, 0) is 61.7 Å². The molecule has 8 heteroatoms. The molecule has 0 unspecified atom stereocenters. The second-order valence-electron chi connectivity index (χ2n) is 12.3. The number of anilines is 1. The zero-order chi connectivity index (χ0) is 31.6.